The first-order valence-corrected chi connectivity index (χ1v) is 12.1. The topological polar surface area (TPSA) is 84.7 Å². The number of aryl methyl sites for hydroxylation is 2. The smallest absolute Gasteiger partial charge is 0.264 e. The monoisotopic (exact) mass is 465 g/mol. The third-order valence-corrected chi connectivity index (χ3v) is 7.39. The Hall–Kier alpha value is -3.36. The molecular formula is C25H27N3O4S. The molecule has 33 heavy (non-hydrogen) atoms. The van der Waals surface area contributed by atoms with E-state index < -0.39 is 16.1 Å². The first-order chi connectivity index (χ1) is 15.8. The van der Waals surface area contributed by atoms with Crippen molar-refractivity contribution in [2.24, 2.45) is 0 Å². The zero-order chi connectivity index (χ0) is 23.6. The van der Waals surface area contributed by atoms with E-state index in [1.165, 1.54) is 4.31 Å². The molecule has 0 aliphatic carbocycles. The van der Waals surface area contributed by atoms with Gasteiger partial charge in [-0.15, -0.1) is 0 Å². The first-order valence-electron chi connectivity index (χ1n) is 10.6. The highest BCUT2D eigenvalue weighted by Gasteiger charge is 2.28. The summed E-state index contributed by atoms with van der Waals surface area (Å²) in [5.41, 5.74) is 3.14. The van der Waals surface area contributed by atoms with Crippen LogP contribution in [0, 0.1) is 13.8 Å². The zero-order valence-corrected chi connectivity index (χ0v) is 19.7. The molecule has 0 aliphatic heterocycles. The summed E-state index contributed by atoms with van der Waals surface area (Å²) in [6, 6.07) is 21.1. The van der Waals surface area contributed by atoms with Crippen molar-refractivity contribution in [2.75, 3.05) is 18.0 Å². The molecule has 0 saturated carbocycles. The lowest BCUT2D eigenvalue weighted by Gasteiger charge is -2.27. The van der Waals surface area contributed by atoms with Crippen LogP contribution in [0.15, 0.2) is 77.7 Å². The molecule has 0 unspecified atom stereocenters. The van der Waals surface area contributed by atoms with Crippen molar-refractivity contribution >= 4 is 26.7 Å². The van der Waals surface area contributed by atoms with Crippen LogP contribution < -0.4 is 9.04 Å². The number of hydrogen-bond acceptors (Lipinski definition) is 5. The van der Waals surface area contributed by atoms with Gasteiger partial charge in [-0.05, 0) is 62.4 Å². The summed E-state index contributed by atoms with van der Waals surface area (Å²) in [5.74, 6) is 1.38. The Morgan fingerprint density at radius 2 is 1.67 bits per heavy atom. The average Bonchev–Trinajstić information content (AvgIpc) is 3.12. The van der Waals surface area contributed by atoms with Gasteiger partial charge in [0.2, 0.25) is 0 Å². The van der Waals surface area contributed by atoms with E-state index in [0.717, 1.165) is 22.4 Å². The molecule has 0 radical (unpaired) electrons. The number of benzene rings is 3. The number of anilines is 1. The highest BCUT2D eigenvalue weighted by atomic mass is 32.2. The maximum absolute atomic E-state index is 13.6. The number of imidazole rings is 1. The summed E-state index contributed by atoms with van der Waals surface area (Å²) in [7, 11) is -2.36. The third kappa shape index (κ3) is 4.72. The van der Waals surface area contributed by atoms with Crippen molar-refractivity contribution in [1.82, 2.24) is 9.55 Å². The molecule has 1 aromatic heterocycles. The predicted octanol–water partition coefficient (Wildman–Crippen LogP) is 3.92. The molecule has 1 heterocycles. The van der Waals surface area contributed by atoms with E-state index in [-0.39, 0.29) is 18.0 Å². The number of hydrogen-bond donors (Lipinski definition) is 1. The molecule has 4 rings (SSSR count). The van der Waals surface area contributed by atoms with Gasteiger partial charge in [0, 0.05) is 0 Å². The fourth-order valence-electron chi connectivity index (χ4n) is 3.81. The molecule has 0 amide bonds. The predicted molar refractivity (Wildman–Crippen MR) is 129 cm³/mol. The minimum absolute atomic E-state index is 0.117. The van der Waals surface area contributed by atoms with Crippen LogP contribution in [-0.4, -0.2) is 42.8 Å². The number of rotatable bonds is 8. The molecular weight excluding hydrogens is 438 g/mol. The number of ether oxygens (including phenoxy) is 1. The van der Waals surface area contributed by atoms with Gasteiger partial charge in [-0.2, -0.15) is 0 Å². The number of aliphatic hydroxyl groups is 1. The number of aromatic nitrogens is 2. The Bertz CT molecular complexity index is 1350. The second-order valence-corrected chi connectivity index (χ2v) is 9.82. The number of nitrogens with zero attached hydrogens (tertiary/aromatic N) is 3. The summed E-state index contributed by atoms with van der Waals surface area (Å²) in [4.78, 5) is 4.70. The molecule has 4 aromatic rings. The zero-order valence-electron chi connectivity index (χ0n) is 18.8. The van der Waals surface area contributed by atoms with Gasteiger partial charge in [0.25, 0.3) is 10.0 Å². The summed E-state index contributed by atoms with van der Waals surface area (Å²) in [6.45, 7) is 3.87. The van der Waals surface area contributed by atoms with Crippen LogP contribution >= 0.6 is 0 Å². The number of aliphatic hydroxyl groups excluding tert-OH is 1. The van der Waals surface area contributed by atoms with Crippen LogP contribution in [0.25, 0.3) is 11.0 Å². The second-order valence-electron chi connectivity index (χ2n) is 7.96. The highest BCUT2D eigenvalue weighted by Crippen LogP contribution is 2.27. The lowest BCUT2D eigenvalue weighted by molar-refractivity contribution is 0.163. The Labute approximate surface area is 193 Å². The Balaban J connectivity index is 1.68. The molecule has 1 atom stereocenters. The van der Waals surface area contributed by atoms with E-state index in [0.29, 0.717) is 11.4 Å². The Morgan fingerprint density at radius 1 is 1.00 bits per heavy atom. The lowest BCUT2D eigenvalue weighted by Crippen LogP contribution is -2.39. The molecule has 7 nitrogen and oxygen atoms in total. The molecule has 8 heteroatoms. The van der Waals surface area contributed by atoms with Gasteiger partial charge < -0.3 is 14.4 Å². The molecule has 0 spiro atoms. The van der Waals surface area contributed by atoms with Crippen LogP contribution in [0.1, 0.15) is 11.4 Å². The van der Waals surface area contributed by atoms with Crippen LogP contribution in [0.5, 0.6) is 5.75 Å². The first kappa shape index (κ1) is 22.8. The van der Waals surface area contributed by atoms with Gasteiger partial charge in [0.1, 0.15) is 11.6 Å². The summed E-state index contributed by atoms with van der Waals surface area (Å²) >= 11 is 0. The van der Waals surface area contributed by atoms with Gasteiger partial charge in [-0.1, -0.05) is 29.8 Å². The fraction of sp³-hybridized carbons (Fsp3) is 0.240. The number of fused-ring (bicyclic) bond motifs is 1. The minimum Gasteiger partial charge on any atom is -0.497 e. The average molecular weight is 466 g/mol. The van der Waals surface area contributed by atoms with E-state index in [1.54, 1.807) is 55.6 Å². The van der Waals surface area contributed by atoms with Crippen molar-refractivity contribution in [3.05, 3.63) is 84.2 Å². The normalized spacial score (nSPS) is 12.6. The van der Waals surface area contributed by atoms with Crippen LogP contribution in [0.3, 0.4) is 0 Å². The molecule has 0 aliphatic rings. The maximum atomic E-state index is 13.6. The van der Waals surface area contributed by atoms with E-state index in [4.69, 9.17) is 4.74 Å². The molecule has 0 bridgehead atoms. The van der Waals surface area contributed by atoms with Crippen LogP contribution in [0.2, 0.25) is 0 Å². The lowest BCUT2D eigenvalue weighted by atomic mass is 10.2. The fourth-order valence-corrected chi connectivity index (χ4v) is 5.32. The van der Waals surface area contributed by atoms with E-state index in [9.17, 15) is 13.5 Å². The molecule has 1 N–H and O–H groups in total. The minimum atomic E-state index is -3.91. The van der Waals surface area contributed by atoms with Crippen molar-refractivity contribution < 1.29 is 18.3 Å². The largest absolute Gasteiger partial charge is 0.497 e. The molecule has 0 fully saturated rings. The van der Waals surface area contributed by atoms with Gasteiger partial charge >= 0.3 is 0 Å². The molecule has 172 valence electrons. The van der Waals surface area contributed by atoms with E-state index in [1.807, 2.05) is 42.7 Å². The second kappa shape index (κ2) is 9.25. The van der Waals surface area contributed by atoms with Gasteiger partial charge in [0.05, 0.1) is 47.9 Å². The maximum Gasteiger partial charge on any atom is 0.264 e. The Kier molecular flexibility index (Phi) is 6.40. The van der Waals surface area contributed by atoms with Gasteiger partial charge in [-0.3, -0.25) is 4.31 Å². The van der Waals surface area contributed by atoms with Crippen LogP contribution in [0.4, 0.5) is 5.69 Å². The van der Waals surface area contributed by atoms with Crippen molar-refractivity contribution in [1.29, 1.82) is 0 Å². The quantitative estimate of drug-likeness (QED) is 0.426. The molecule has 0 saturated heterocycles. The molecule has 3 aromatic carbocycles. The van der Waals surface area contributed by atoms with Crippen molar-refractivity contribution in [3.63, 3.8) is 0 Å². The SMILES string of the molecule is COc1ccc(N(C[C@H](O)Cn2c(C)nc3ccccc32)S(=O)(=O)c2ccc(C)cc2)cc1. The number of para-hydroxylation sites is 2. The Morgan fingerprint density at radius 3 is 2.33 bits per heavy atom. The number of methoxy groups -OCH3 is 1. The summed E-state index contributed by atoms with van der Waals surface area (Å²) in [5, 5.41) is 11.0. The van der Waals surface area contributed by atoms with E-state index >= 15 is 0 Å². The van der Waals surface area contributed by atoms with E-state index in [2.05, 4.69) is 4.98 Å². The standard InChI is InChI=1S/C25H27N3O4S/c1-18-8-14-23(15-9-18)33(30,31)28(20-10-12-22(32-3)13-11-20)17-21(29)16-27-19(2)26-24-6-4-5-7-25(24)27/h4-15,21,29H,16-17H2,1-3H3/t21-/m1/s1. The van der Waals surface area contributed by atoms with Gasteiger partial charge in [0.15, 0.2) is 0 Å². The van der Waals surface area contributed by atoms with Crippen LogP contribution in [-0.2, 0) is 16.6 Å². The summed E-state index contributed by atoms with van der Waals surface area (Å²) < 4.78 is 35.5. The number of sulfonamides is 1. The van der Waals surface area contributed by atoms with Gasteiger partial charge in [-0.25, -0.2) is 13.4 Å². The summed E-state index contributed by atoms with van der Waals surface area (Å²) in [6.07, 6.45) is -0.969. The van der Waals surface area contributed by atoms with Crippen molar-refractivity contribution in [3.8, 4) is 5.75 Å². The third-order valence-electron chi connectivity index (χ3n) is 5.58. The van der Waals surface area contributed by atoms with Crippen molar-refractivity contribution in [2.45, 2.75) is 31.4 Å². The highest BCUT2D eigenvalue weighted by molar-refractivity contribution is 7.92.